The molecule has 1 unspecified atom stereocenters. The Morgan fingerprint density at radius 2 is 1.95 bits per heavy atom. The van der Waals surface area contributed by atoms with Crippen molar-refractivity contribution >= 4 is 27.5 Å². The highest BCUT2D eigenvalue weighted by Crippen LogP contribution is 2.20. The van der Waals surface area contributed by atoms with Gasteiger partial charge in [-0.1, -0.05) is 46.3 Å². The van der Waals surface area contributed by atoms with Crippen LogP contribution >= 0.6 is 15.9 Å². The molecule has 3 nitrogen and oxygen atoms in total. The molecule has 3 N–H and O–H groups in total. The molecule has 2 aromatic rings. The fourth-order valence-corrected chi connectivity index (χ4v) is 2.29. The van der Waals surface area contributed by atoms with Crippen LogP contribution in [-0.4, -0.2) is 5.91 Å². The van der Waals surface area contributed by atoms with Crippen LogP contribution in [0.1, 0.15) is 24.4 Å². The van der Waals surface area contributed by atoms with Gasteiger partial charge >= 0.3 is 0 Å². The molecule has 0 aromatic heterocycles. The van der Waals surface area contributed by atoms with Gasteiger partial charge in [-0.15, -0.1) is 0 Å². The smallest absolute Gasteiger partial charge is 0.224 e. The summed E-state index contributed by atoms with van der Waals surface area (Å²) in [5.74, 6) is -0.715. The van der Waals surface area contributed by atoms with Gasteiger partial charge in [0.2, 0.25) is 5.91 Å². The predicted molar refractivity (Wildman–Crippen MR) is 85.3 cm³/mol. The lowest BCUT2D eigenvalue weighted by Crippen LogP contribution is -2.17. The number of amides is 1. The fraction of sp³-hybridized carbons (Fsp3) is 0.188. The lowest BCUT2D eigenvalue weighted by atomic mass is 10.0. The summed E-state index contributed by atoms with van der Waals surface area (Å²) >= 11 is 3.17. The second kappa shape index (κ2) is 7.33. The number of hydrogen-bond donors (Lipinski definition) is 2. The van der Waals surface area contributed by atoms with Gasteiger partial charge < -0.3 is 11.1 Å². The van der Waals surface area contributed by atoms with Gasteiger partial charge in [-0.3, -0.25) is 4.79 Å². The summed E-state index contributed by atoms with van der Waals surface area (Å²) in [6.07, 6.45) is 0.750. The van der Waals surface area contributed by atoms with Crippen molar-refractivity contribution < 1.29 is 9.18 Å². The molecule has 5 heteroatoms. The molecule has 0 saturated heterocycles. The van der Waals surface area contributed by atoms with E-state index in [4.69, 9.17) is 5.73 Å². The molecule has 0 heterocycles. The normalized spacial score (nSPS) is 12.0. The summed E-state index contributed by atoms with van der Waals surface area (Å²) in [7, 11) is 0. The lowest BCUT2D eigenvalue weighted by Gasteiger charge is -2.12. The van der Waals surface area contributed by atoms with E-state index in [1.165, 1.54) is 12.1 Å². The van der Waals surface area contributed by atoms with Gasteiger partial charge in [-0.05, 0) is 30.2 Å². The Kier molecular flexibility index (Phi) is 5.47. The first kappa shape index (κ1) is 15.7. The monoisotopic (exact) mass is 350 g/mol. The van der Waals surface area contributed by atoms with Crippen LogP contribution in [0.2, 0.25) is 0 Å². The SMILES string of the molecule is NC(CCC(=O)Nc1ccc(Br)cc1F)c1ccccc1. The van der Waals surface area contributed by atoms with Crippen LogP contribution in [0, 0.1) is 5.82 Å². The Balaban J connectivity index is 1.87. The van der Waals surface area contributed by atoms with Crippen LogP contribution in [-0.2, 0) is 4.79 Å². The maximum atomic E-state index is 13.6. The molecule has 21 heavy (non-hydrogen) atoms. The van der Waals surface area contributed by atoms with Crippen molar-refractivity contribution in [3.63, 3.8) is 0 Å². The van der Waals surface area contributed by atoms with Crippen LogP contribution in [0.5, 0.6) is 0 Å². The van der Waals surface area contributed by atoms with Gasteiger partial charge in [0.25, 0.3) is 0 Å². The van der Waals surface area contributed by atoms with Gasteiger partial charge in [-0.2, -0.15) is 0 Å². The number of benzene rings is 2. The van der Waals surface area contributed by atoms with Gasteiger partial charge in [0.05, 0.1) is 5.69 Å². The molecule has 1 amide bonds. The summed E-state index contributed by atoms with van der Waals surface area (Å²) in [6, 6.07) is 13.9. The summed E-state index contributed by atoms with van der Waals surface area (Å²) in [5.41, 5.74) is 7.19. The highest BCUT2D eigenvalue weighted by atomic mass is 79.9. The molecule has 0 radical (unpaired) electrons. The Morgan fingerprint density at radius 3 is 2.62 bits per heavy atom. The zero-order chi connectivity index (χ0) is 15.2. The maximum absolute atomic E-state index is 13.6. The number of nitrogens with two attached hydrogens (primary N) is 1. The van der Waals surface area contributed by atoms with E-state index in [9.17, 15) is 9.18 Å². The first-order valence-electron chi connectivity index (χ1n) is 6.61. The van der Waals surface area contributed by atoms with E-state index in [1.807, 2.05) is 30.3 Å². The molecule has 0 spiro atoms. The zero-order valence-electron chi connectivity index (χ0n) is 11.4. The minimum absolute atomic E-state index is 0.177. The van der Waals surface area contributed by atoms with Crippen molar-refractivity contribution in [2.45, 2.75) is 18.9 Å². The van der Waals surface area contributed by atoms with Crippen LogP contribution in [0.15, 0.2) is 53.0 Å². The van der Waals surface area contributed by atoms with Crippen LogP contribution < -0.4 is 11.1 Å². The largest absolute Gasteiger partial charge is 0.324 e. The number of halogens is 2. The molecular formula is C16H16BrFN2O. The van der Waals surface area contributed by atoms with E-state index in [0.29, 0.717) is 10.9 Å². The molecule has 0 aliphatic carbocycles. The summed E-state index contributed by atoms with van der Waals surface area (Å²) in [5, 5.41) is 2.55. The first-order valence-corrected chi connectivity index (χ1v) is 7.41. The van der Waals surface area contributed by atoms with E-state index in [1.54, 1.807) is 6.07 Å². The second-order valence-electron chi connectivity index (χ2n) is 4.73. The lowest BCUT2D eigenvalue weighted by molar-refractivity contribution is -0.116. The zero-order valence-corrected chi connectivity index (χ0v) is 12.9. The third-order valence-corrected chi connectivity index (χ3v) is 3.61. The number of rotatable bonds is 5. The quantitative estimate of drug-likeness (QED) is 0.855. The van der Waals surface area contributed by atoms with Crippen molar-refractivity contribution in [3.05, 3.63) is 64.4 Å². The van der Waals surface area contributed by atoms with Gasteiger partial charge in [0.1, 0.15) is 5.82 Å². The minimum Gasteiger partial charge on any atom is -0.324 e. The number of nitrogens with one attached hydrogen (secondary N) is 1. The Bertz CT molecular complexity index is 619. The van der Waals surface area contributed by atoms with Crippen LogP contribution in [0.3, 0.4) is 0 Å². The standard InChI is InChI=1S/C16H16BrFN2O/c17-12-6-8-15(13(18)10-12)20-16(21)9-7-14(19)11-4-2-1-3-5-11/h1-6,8,10,14H,7,9,19H2,(H,20,21). The summed E-state index contributed by atoms with van der Waals surface area (Å²) in [4.78, 5) is 11.8. The maximum Gasteiger partial charge on any atom is 0.224 e. The molecule has 1 atom stereocenters. The van der Waals surface area contributed by atoms with Crippen molar-refractivity contribution in [2.24, 2.45) is 5.73 Å². The summed E-state index contributed by atoms with van der Waals surface area (Å²) < 4.78 is 14.2. The van der Waals surface area contributed by atoms with E-state index < -0.39 is 5.82 Å². The molecule has 0 aliphatic rings. The Labute approximate surface area is 131 Å². The van der Waals surface area contributed by atoms with Crippen LogP contribution in [0.4, 0.5) is 10.1 Å². The number of anilines is 1. The average Bonchev–Trinajstić information content (AvgIpc) is 2.48. The van der Waals surface area contributed by atoms with E-state index in [-0.39, 0.29) is 24.1 Å². The van der Waals surface area contributed by atoms with Crippen molar-refractivity contribution in [2.75, 3.05) is 5.32 Å². The van der Waals surface area contributed by atoms with E-state index >= 15 is 0 Å². The third kappa shape index (κ3) is 4.65. The number of carbonyl (C=O) groups is 1. The predicted octanol–water partition coefficient (Wildman–Crippen LogP) is 4.01. The fourth-order valence-electron chi connectivity index (χ4n) is 1.96. The average molecular weight is 351 g/mol. The first-order chi connectivity index (χ1) is 10.1. The third-order valence-electron chi connectivity index (χ3n) is 3.12. The summed E-state index contributed by atoms with van der Waals surface area (Å²) in [6.45, 7) is 0. The Hall–Kier alpha value is -1.72. The highest BCUT2D eigenvalue weighted by Gasteiger charge is 2.11. The highest BCUT2D eigenvalue weighted by molar-refractivity contribution is 9.10. The van der Waals surface area contributed by atoms with Gasteiger partial charge in [0.15, 0.2) is 0 Å². The molecule has 0 bridgehead atoms. The van der Waals surface area contributed by atoms with Crippen molar-refractivity contribution in [3.8, 4) is 0 Å². The van der Waals surface area contributed by atoms with Crippen molar-refractivity contribution in [1.29, 1.82) is 0 Å². The molecular weight excluding hydrogens is 335 g/mol. The number of hydrogen-bond acceptors (Lipinski definition) is 2. The molecule has 2 aromatic carbocycles. The van der Waals surface area contributed by atoms with Crippen LogP contribution in [0.25, 0.3) is 0 Å². The van der Waals surface area contributed by atoms with Gasteiger partial charge in [0, 0.05) is 16.9 Å². The second-order valence-corrected chi connectivity index (χ2v) is 5.64. The molecule has 0 fully saturated rings. The van der Waals surface area contributed by atoms with Crippen molar-refractivity contribution in [1.82, 2.24) is 0 Å². The minimum atomic E-state index is -0.468. The number of carbonyl (C=O) groups excluding carboxylic acids is 1. The molecule has 2 rings (SSSR count). The Morgan fingerprint density at radius 1 is 1.24 bits per heavy atom. The van der Waals surface area contributed by atoms with Gasteiger partial charge in [-0.25, -0.2) is 4.39 Å². The van der Waals surface area contributed by atoms with E-state index in [2.05, 4.69) is 21.2 Å². The molecule has 0 saturated carbocycles. The molecule has 110 valence electrons. The topological polar surface area (TPSA) is 55.1 Å². The van der Waals surface area contributed by atoms with E-state index in [0.717, 1.165) is 5.56 Å². The molecule has 0 aliphatic heterocycles.